The van der Waals surface area contributed by atoms with Crippen molar-refractivity contribution in [3.63, 3.8) is 0 Å². The zero-order valence-electron chi connectivity index (χ0n) is 15.6. The van der Waals surface area contributed by atoms with E-state index in [-0.39, 0.29) is 11.9 Å². The minimum absolute atomic E-state index is 0.0224. The topological polar surface area (TPSA) is 69.0 Å². The number of nitrogens with one attached hydrogen (secondary N) is 1. The van der Waals surface area contributed by atoms with Crippen LogP contribution < -0.4 is 10.1 Å². The van der Waals surface area contributed by atoms with Crippen LogP contribution >= 0.6 is 0 Å². The Morgan fingerprint density at radius 1 is 1.19 bits per heavy atom. The molecule has 0 aliphatic rings. The molecule has 0 radical (unpaired) electrons. The zero-order chi connectivity index (χ0) is 19.1. The molecule has 1 unspecified atom stereocenters. The van der Waals surface area contributed by atoms with Gasteiger partial charge in [0.2, 0.25) is 5.91 Å². The van der Waals surface area contributed by atoms with Crippen LogP contribution in [0.15, 0.2) is 61.2 Å². The fourth-order valence-electron chi connectivity index (χ4n) is 2.91. The van der Waals surface area contributed by atoms with Gasteiger partial charge in [0.1, 0.15) is 18.4 Å². The van der Waals surface area contributed by atoms with Crippen molar-refractivity contribution in [2.24, 2.45) is 0 Å². The number of para-hydroxylation sites is 1. The number of carbonyl (C=O) groups is 1. The summed E-state index contributed by atoms with van der Waals surface area (Å²) in [6.07, 6.45) is 4.23. The first-order chi connectivity index (χ1) is 13.2. The summed E-state index contributed by atoms with van der Waals surface area (Å²) in [5, 5.41) is 7.17. The number of amides is 1. The van der Waals surface area contributed by atoms with Gasteiger partial charge in [0, 0.05) is 6.42 Å². The van der Waals surface area contributed by atoms with E-state index >= 15 is 0 Å². The number of benzene rings is 2. The fraction of sp³-hybridized carbons (Fsp3) is 0.286. The van der Waals surface area contributed by atoms with Crippen LogP contribution in [0.1, 0.15) is 37.4 Å². The van der Waals surface area contributed by atoms with Crippen LogP contribution in [0.3, 0.4) is 0 Å². The molecule has 0 aliphatic heterocycles. The summed E-state index contributed by atoms with van der Waals surface area (Å²) in [6.45, 7) is 4.56. The van der Waals surface area contributed by atoms with Crippen molar-refractivity contribution in [3.05, 3.63) is 72.3 Å². The van der Waals surface area contributed by atoms with Gasteiger partial charge in [-0.15, -0.1) is 0 Å². The van der Waals surface area contributed by atoms with E-state index in [1.165, 1.54) is 6.33 Å². The minimum atomic E-state index is -0.0653. The van der Waals surface area contributed by atoms with E-state index < -0.39 is 0 Å². The molecule has 0 spiro atoms. The molecule has 1 heterocycles. The molecule has 1 atom stereocenters. The van der Waals surface area contributed by atoms with Crippen molar-refractivity contribution in [2.75, 3.05) is 6.61 Å². The van der Waals surface area contributed by atoms with Crippen molar-refractivity contribution in [3.8, 4) is 11.4 Å². The minimum Gasteiger partial charge on any atom is -0.494 e. The van der Waals surface area contributed by atoms with Gasteiger partial charge in [-0.2, -0.15) is 5.10 Å². The Labute approximate surface area is 159 Å². The van der Waals surface area contributed by atoms with Crippen molar-refractivity contribution in [2.45, 2.75) is 32.7 Å². The average Bonchev–Trinajstić information content (AvgIpc) is 3.22. The molecular weight excluding hydrogens is 340 g/mol. The maximum absolute atomic E-state index is 12.3. The second-order valence-corrected chi connectivity index (χ2v) is 6.26. The summed E-state index contributed by atoms with van der Waals surface area (Å²) in [5.74, 6) is 0.874. The lowest BCUT2D eigenvalue weighted by Gasteiger charge is -2.15. The number of hydrogen-bond donors (Lipinski definition) is 1. The molecule has 0 saturated heterocycles. The van der Waals surface area contributed by atoms with Crippen molar-refractivity contribution < 1.29 is 9.53 Å². The third-order valence-electron chi connectivity index (χ3n) is 4.35. The highest BCUT2D eigenvalue weighted by Gasteiger charge is 2.11. The third kappa shape index (κ3) is 4.94. The van der Waals surface area contributed by atoms with Crippen LogP contribution in [0, 0.1) is 0 Å². The van der Waals surface area contributed by atoms with Crippen molar-refractivity contribution in [1.29, 1.82) is 0 Å². The molecule has 0 bridgehead atoms. The predicted molar refractivity (Wildman–Crippen MR) is 104 cm³/mol. The number of carbonyl (C=O) groups excluding carboxylic acids is 1. The first-order valence-electron chi connectivity index (χ1n) is 9.12. The number of aryl methyl sites for hydroxylation is 1. The first kappa shape index (κ1) is 18.6. The molecule has 0 saturated carbocycles. The van der Waals surface area contributed by atoms with Gasteiger partial charge in [-0.3, -0.25) is 4.79 Å². The van der Waals surface area contributed by atoms with E-state index in [1.807, 2.05) is 62.4 Å². The number of hydrogen-bond acceptors (Lipinski definition) is 4. The quantitative estimate of drug-likeness (QED) is 0.664. The fourth-order valence-corrected chi connectivity index (χ4v) is 2.91. The van der Waals surface area contributed by atoms with E-state index in [1.54, 1.807) is 11.0 Å². The summed E-state index contributed by atoms with van der Waals surface area (Å²) in [7, 11) is 0. The summed E-state index contributed by atoms with van der Waals surface area (Å²) < 4.78 is 7.32. The molecular formula is C21H24N4O2. The van der Waals surface area contributed by atoms with E-state index in [9.17, 15) is 4.79 Å². The Kier molecular flexibility index (Phi) is 6.20. The van der Waals surface area contributed by atoms with Crippen LogP contribution in [-0.4, -0.2) is 27.3 Å². The lowest BCUT2D eigenvalue weighted by molar-refractivity contribution is -0.121. The van der Waals surface area contributed by atoms with Crippen LogP contribution in [-0.2, 0) is 11.2 Å². The molecule has 2 aromatic carbocycles. The average molecular weight is 364 g/mol. The second-order valence-electron chi connectivity index (χ2n) is 6.26. The largest absolute Gasteiger partial charge is 0.494 e. The van der Waals surface area contributed by atoms with Crippen molar-refractivity contribution >= 4 is 5.91 Å². The number of ether oxygens (including phenoxy) is 1. The second kappa shape index (κ2) is 8.98. The normalized spacial score (nSPS) is 11.8. The Morgan fingerprint density at radius 2 is 1.96 bits per heavy atom. The first-order valence-corrected chi connectivity index (χ1v) is 9.12. The SMILES string of the molecule is CCOc1ccccc1CCC(=O)NC(C)c1ccc(-n2cncn2)cc1. The van der Waals surface area contributed by atoms with Gasteiger partial charge in [0.25, 0.3) is 0 Å². The van der Waals surface area contributed by atoms with Crippen LogP contribution in [0.5, 0.6) is 5.75 Å². The molecule has 1 N–H and O–H groups in total. The van der Waals surface area contributed by atoms with Gasteiger partial charge in [-0.05, 0) is 49.6 Å². The Balaban J connectivity index is 1.55. The summed E-state index contributed by atoms with van der Waals surface area (Å²) in [6, 6.07) is 15.7. The third-order valence-corrected chi connectivity index (χ3v) is 4.35. The highest BCUT2D eigenvalue weighted by atomic mass is 16.5. The Morgan fingerprint density at radius 3 is 2.67 bits per heavy atom. The monoisotopic (exact) mass is 364 g/mol. The molecule has 0 aliphatic carbocycles. The van der Waals surface area contributed by atoms with Crippen LogP contribution in [0.25, 0.3) is 5.69 Å². The lowest BCUT2D eigenvalue weighted by atomic mass is 10.1. The van der Waals surface area contributed by atoms with E-state index in [0.29, 0.717) is 19.4 Å². The highest BCUT2D eigenvalue weighted by Crippen LogP contribution is 2.20. The lowest BCUT2D eigenvalue weighted by Crippen LogP contribution is -2.26. The van der Waals surface area contributed by atoms with Crippen LogP contribution in [0.4, 0.5) is 0 Å². The van der Waals surface area contributed by atoms with Gasteiger partial charge >= 0.3 is 0 Å². The van der Waals surface area contributed by atoms with Gasteiger partial charge in [0.05, 0.1) is 18.3 Å². The summed E-state index contributed by atoms with van der Waals surface area (Å²) in [5.41, 5.74) is 3.03. The van der Waals surface area contributed by atoms with E-state index in [0.717, 1.165) is 22.6 Å². The van der Waals surface area contributed by atoms with E-state index in [2.05, 4.69) is 15.4 Å². The number of nitrogens with zero attached hydrogens (tertiary/aromatic N) is 3. The smallest absolute Gasteiger partial charge is 0.220 e. The molecule has 27 heavy (non-hydrogen) atoms. The predicted octanol–water partition coefficient (Wildman–Crippen LogP) is 3.48. The molecule has 3 rings (SSSR count). The number of aromatic nitrogens is 3. The Hall–Kier alpha value is -3.15. The molecule has 140 valence electrons. The van der Waals surface area contributed by atoms with E-state index in [4.69, 9.17) is 4.74 Å². The maximum atomic E-state index is 12.3. The standard InChI is InChI=1S/C21H24N4O2/c1-3-27-20-7-5-4-6-18(20)10-13-21(26)24-16(2)17-8-11-19(12-9-17)25-15-22-14-23-25/h4-9,11-12,14-16H,3,10,13H2,1-2H3,(H,24,26). The zero-order valence-corrected chi connectivity index (χ0v) is 15.6. The number of rotatable bonds is 8. The van der Waals surface area contributed by atoms with Gasteiger partial charge in [0.15, 0.2) is 0 Å². The molecule has 0 fully saturated rings. The van der Waals surface area contributed by atoms with Gasteiger partial charge in [-0.1, -0.05) is 30.3 Å². The summed E-state index contributed by atoms with van der Waals surface area (Å²) >= 11 is 0. The van der Waals surface area contributed by atoms with Gasteiger partial charge < -0.3 is 10.1 Å². The maximum Gasteiger partial charge on any atom is 0.220 e. The highest BCUT2D eigenvalue weighted by molar-refractivity contribution is 5.76. The molecule has 1 aromatic heterocycles. The molecule has 1 amide bonds. The molecule has 6 heteroatoms. The van der Waals surface area contributed by atoms with Crippen LogP contribution in [0.2, 0.25) is 0 Å². The summed E-state index contributed by atoms with van der Waals surface area (Å²) in [4.78, 5) is 16.3. The Bertz CT molecular complexity index is 860. The molecule has 6 nitrogen and oxygen atoms in total. The van der Waals surface area contributed by atoms with Crippen molar-refractivity contribution in [1.82, 2.24) is 20.1 Å². The van der Waals surface area contributed by atoms with Gasteiger partial charge in [-0.25, -0.2) is 9.67 Å². The molecule has 3 aromatic rings.